The molecule has 0 saturated carbocycles. The Balaban J connectivity index is 1.23. The predicted octanol–water partition coefficient (Wildman–Crippen LogP) is 10.4. The maximum Gasteiger partial charge on any atom is 0.269 e. The summed E-state index contributed by atoms with van der Waals surface area (Å²) in [6.45, 7) is 0.185. The van der Waals surface area contributed by atoms with E-state index in [0.29, 0.717) is 11.3 Å². The van der Waals surface area contributed by atoms with Crippen molar-refractivity contribution < 1.29 is 9.44 Å². The molecule has 0 bridgehead atoms. The number of rotatable bonds is 4. The van der Waals surface area contributed by atoms with Crippen molar-refractivity contribution in [1.82, 2.24) is 4.90 Å². The molecule has 4 aliphatic heterocycles. The van der Waals surface area contributed by atoms with Crippen molar-refractivity contribution in [2.75, 3.05) is 6.54 Å². The Bertz CT molecular complexity index is 2350. The van der Waals surface area contributed by atoms with E-state index in [0.717, 1.165) is 64.2 Å². The largest absolute Gasteiger partial charge is 0.622 e. The van der Waals surface area contributed by atoms with Gasteiger partial charge in [-0.1, -0.05) is 72.8 Å². The smallest absolute Gasteiger partial charge is 0.269 e. The number of fused-ring (bicyclic) bond motifs is 7. The predicted molar refractivity (Wildman–Crippen MR) is 191 cm³/mol. The second-order valence-corrected chi connectivity index (χ2v) is 15.7. The van der Waals surface area contributed by atoms with Gasteiger partial charge in [0.2, 0.25) is 0 Å². The van der Waals surface area contributed by atoms with Gasteiger partial charge in [0.1, 0.15) is 18.3 Å². The molecule has 6 aromatic rings. The van der Waals surface area contributed by atoms with Crippen LogP contribution < -0.4 is 0 Å². The molecule has 220 valence electrons. The van der Waals surface area contributed by atoms with E-state index in [1.807, 2.05) is 53.7 Å². The van der Waals surface area contributed by atoms with Crippen molar-refractivity contribution in [3.63, 3.8) is 0 Å². The summed E-state index contributed by atoms with van der Waals surface area (Å²) < 4.78 is -0.664. The van der Waals surface area contributed by atoms with E-state index in [4.69, 9.17) is 0 Å². The van der Waals surface area contributed by atoms with E-state index >= 15 is 5.21 Å². The molecule has 8 heterocycles. The van der Waals surface area contributed by atoms with Crippen LogP contribution in [0.1, 0.15) is 32.0 Å². The van der Waals surface area contributed by atoms with Crippen LogP contribution >= 0.6 is 45.3 Å². The van der Waals surface area contributed by atoms with E-state index in [1.165, 1.54) is 9.75 Å². The molecule has 4 nitrogen and oxygen atoms in total. The molecule has 0 radical (unpaired) electrons. The lowest BCUT2D eigenvalue weighted by Gasteiger charge is -2.40. The molecule has 1 unspecified atom stereocenters. The second-order valence-electron chi connectivity index (χ2n) is 11.7. The summed E-state index contributed by atoms with van der Waals surface area (Å²) in [6, 6.07) is 33.3. The number of hydroxylamine groups is 3. The van der Waals surface area contributed by atoms with Gasteiger partial charge in [-0.05, 0) is 46.2 Å². The minimum absolute atomic E-state index is 0.116. The van der Waals surface area contributed by atoms with E-state index in [1.54, 1.807) is 45.3 Å². The molecule has 1 atom stereocenters. The number of thiophene rings is 4. The molecular weight excluding hydrogens is 645 g/mol. The monoisotopic (exact) mass is 666 g/mol. The summed E-state index contributed by atoms with van der Waals surface area (Å²) in [7, 11) is 0. The highest BCUT2D eigenvalue weighted by molar-refractivity contribution is 7.22. The first kappa shape index (κ1) is 26.8. The van der Waals surface area contributed by atoms with Crippen LogP contribution in [-0.2, 0) is 4.79 Å². The van der Waals surface area contributed by atoms with Crippen LogP contribution in [0.4, 0.5) is 0 Å². The fourth-order valence-electron chi connectivity index (χ4n) is 7.07. The van der Waals surface area contributed by atoms with E-state index in [2.05, 4.69) is 71.4 Å². The van der Waals surface area contributed by atoms with Gasteiger partial charge in [0.15, 0.2) is 5.70 Å². The second kappa shape index (κ2) is 9.80. The van der Waals surface area contributed by atoms with Crippen molar-refractivity contribution >= 4 is 73.8 Å². The van der Waals surface area contributed by atoms with Gasteiger partial charge in [-0.2, -0.15) is 0 Å². The van der Waals surface area contributed by atoms with Gasteiger partial charge in [-0.15, -0.1) is 45.3 Å². The molecule has 0 aliphatic carbocycles. The Morgan fingerprint density at radius 3 is 1.87 bits per heavy atom. The summed E-state index contributed by atoms with van der Waals surface area (Å²) in [5, 5.41) is 19.3. The summed E-state index contributed by atoms with van der Waals surface area (Å²) in [5.41, 5.74) is 9.01. The molecule has 1 amide bonds. The zero-order valence-electron chi connectivity index (χ0n) is 24.1. The van der Waals surface area contributed by atoms with Crippen LogP contribution in [0.5, 0.6) is 0 Å². The van der Waals surface area contributed by atoms with Gasteiger partial charge >= 0.3 is 0 Å². The lowest BCUT2D eigenvalue weighted by Crippen LogP contribution is -2.36. The Labute approximate surface area is 281 Å². The first-order valence-electron chi connectivity index (χ1n) is 14.9. The highest BCUT2D eigenvalue weighted by atomic mass is 32.1. The third-order valence-electron chi connectivity index (χ3n) is 9.04. The number of carbonyl (C=O) groups is 1. The lowest BCUT2D eigenvalue weighted by atomic mass is 9.94. The quantitative estimate of drug-likeness (QED) is 0.139. The first-order chi connectivity index (χ1) is 22.6. The fourth-order valence-corrected chi connectivity index (χ4v) is 11.2. The van der Waals surface area contributed by atoms with Crippen molar-refractivity contribution in [3.05, 3.63) is 169 Å². The zero-order valence-corrected chi connectivity index (χ0v) is 27.4. The van der Waals surface area contributed by atoms with Gasteiger partial charge < -0.3 is 5.21 Å². The van der Waals surface area contributed by atoms with Crippen molar-refractivity contribution in [2.24, 2.45) is 0 Å². The molecule has 0 saturated heterocycles. The molecule has 46 heavy (non-hydrogen) atoms. The Kier molecular flexibility index (Phi) is 5.70. The topological polar surface area (TPSA) is 43.4 Å². The summed E-state index contributed by atoms with van der Waals surface area (Å²) in [4.78, 5) is 23.1. The summed E-state index contributed by atoms with van der Waals surface area (Å²) in [5.74, 6) is -0.116. The Morgan fingerprint density at radius 1 is 0.674 bits per heavy atom. The number of nitrogens with zero attached hydrogens (tertiary/aromatic N) is 2. The number of amides is 1. The van der Waals surface area contributed by atoms with Crippen molar-refractivity contribution in [3.8, 4) is 19.5 Å². The van der Waals surface area contributed by atoms with E-state index in [9.17, 15) is 4.79 Å². The minimum Gasteiger partial charge on any atom is -0.622 e. The Hall–Kier alpha value is -4.41. The van der Waals surface area contributed by atoms with Crippen LogP contribution in [-0.4, -0.2) is 22.0 Å². The molecular formula is C38H22N2O2S4. The van der Waals surface area contributed by atoms with Crippen LogP contribution in [0.15, 0.2) is 131 Å². The number of hydrogen-bond donors (Lipinski definition) is 0. The highest BCUT2D eigenvalue weighted by Gasteiger charge is 2.53. The third-order valence-corrected chi connectivity index (χ3v) is 13.5. The number of quaternary nitrogens is 1. The average molecular weight is 667 g/mol. The molecule has 0 N–H and O–H groups in total. The van der Waals surface area contributed by atoms with E-state index < -0.39 is 4.65 Å². The van der Waals surface area contributed by atoms with Gasteiger partial charge in [0.25, 0.3) is 5.91 Å². The first-order valence-corrected chi connectivity index (χ1v) is 18.3. The molecule has 10 rings (SSSR count). The highest BCUT2D eigenvalue weighted by Crippen LogP contribution is 2.59. The molecule has 4 aromatic heterocycles. The standard InChI is InChI=1S/C38H22N2O2S4/c41-38-33-28(34-36-24(17-31(45-36)29-13-7-15-43-29)26(19-39(34)38)22-9-3-1-4-10-22)21-40(42)20-27(23-11-5-2-6-12-23)25-18-32(30-14-8-16-44-30)46-37(25)35(33)40/h1-20H,21H2. The molecule has 8 heteroatoms. The van der Waals surface area contributed by atoms with Crippen LogP contribution in [0.3, 0.4) is 0 Å². The van der Waals surface area contributed by atoms with Crippen molar-refractivity contribution in [2.45, 2.75) is 0 Å². The average Bonchev–Trinajstić information content (AvgIpc) is 3.93. The Morgan fingerprint density at radius 2 is 1.26 bits per heavy atom. The van der Waals surface area contributed by atoms with E-state index in [-0.39, 0.29) is 12.5 Å². The maximum atomic E-state index is 15.1. The van der Waals surface area contributed by atoms with Crippen LogP contribution in [0, 0.1) is 5.21 Å². The molecule has 0 fully saturated rings. The normalized spacial score (nSPS) is 19.5. The van der Waals surface area contributed by atoms with Crippen LogP contribution in [0.2, 0.25) is 0 Å². The number of carbonyl (C=O) groups excluding carboxylic acids is 1. The van der Waals surface area contributed by atoms with Crippen molar-refractivity contribution in [1.29, 1.82) is 0 Å². The maximum absolute atomic E-state index is 15.1. The molecule has 2 aromatic carbocycles. The summed E-state index contributed by atoms with van der Waals surface area (Å²) in [6.07, 6.45) is 3.84. The van der Waals surface area contributed by atoms with Gasteiger partial charge in [-0.3, -0.25) is 14.3 Å². The lowest BCUT2D eigenvalue weighted by molar-refractivity contribution is -0.742. The SMILES string of the molecule is O=C1C2=C3c4sc(-c5cccs5)cc4C(c4ccccc4)=C[N+]3([O-])CC2=C2c3sc(-c4cccs4)cc3C(c3ccccc3)=CN12. The molecule has 0 spiro atoms. The number of hydrogen-bond acceptors (Lipinski definition) is 6. The van der Waals surface area contributed by atoms with Gasteiger partial charge in [-0.25, -0.2) is 0 Å². The third kappa shape index (κ3) is 3.74. The molecule has 4 aliphatic rings. The minimum atomic E-state index is -0.664. The van der Waals surface area contributed by atoms with Gasteiger partial charge in [0.05, 0.1) is 21.0 Å². The zero-order chi connectivity index (χ0) is 30.6. The fraction of sp³-hybridized carbons (Fsp3) is 0.0263. The summed E-state index contributed by atoms with van der Waals surface area (Å²) >= 11 is 6.74. The van der Waals surface area contributed by atoms with Gasteiger partial charge in [0, 0.05) is 48.0 Å². The number of benzene rings is 2. The van der Waals surface area contributed by atoms with Crippen LogP contribution in [0.25, 0.3) is 42.0 Å².